The van der Waals surface area contributed by atoms with Gasteiger partial charge >= 0.3 is 12.1 Å². The number of rotatable bonds is 6. The first kappa shape index (κ1) is 21.8. The van der Waals surface area contributed by atoms with Crippen molar-refractivity contribution in [1.82, 2.24) is 0 Å². The average molecular weight is 421 g/mol. The molecule has 0 saturated heterocycles. The maximum absolute atomic E-state index is 13.4. The minimum Gasteiger partial charge on any atom is -0.453 e. The SMILES string of the molecule is CCN(CC)c1ccc2c(c1)Oc1cc(N(CC)CC)ccc1N2C(=O)C(F)(F)F. The van der Waals surface area contributed by atoms with Gasteiger partial charge in [-0.15, -0.1) is 0 Å². The lowest BCUT2D eigenvalue weighted by atomic mass is 10.1. The Hall–Kier alpha value is -2.90. The van der Waals surface area contributed by atoms with Crippen LogP contribution >= 0.6 is 0 Å². The van der Waals surface area contributed by atoms with Gasteiger partial charge < -0.3 is 14.5 Å². The highest BCUT2D eigenvalue weighted by atomic mass is 19.4. The van der Waals surface area contributed by atoms with Crippen molar-refractivity contribution < 1.29 is 22.7 Å². The minimum absolute atomic E-state index is 0.0799. The Morgan fingerprint density at radius 1 is 0.833 bits per heavy atom. The summed E-state index contributed by atoms with van der Waals surface area (Å²) in [4.78, 5) is 17.1. The van der Waals surface area contributed by atoms with Crippen LogP contribution in [0.4, 0.5) is 35.9 Å². The van der Waals surface area contributed by atoms with E-state index >= 15 is 0 Å². The summed E-state index contributed by atoms with van der Waals surface area (Å²) in [6, 6.07) is 9.81. The molecule has 30 heavy (non-hydrogen) atoms. The summed E-state index contributed by atoms with van der Waals surface area (Å²) >= 11 is 0. The zero-order valence-electron chi connectivity index (χ0n) is 17.6. The molecule has 0 aromatic heterocycles. The molecule has 8 heteroatoms. The van der Waals surface area contributed by atoms with E-state index in [1.165, 1.54) is 12.1 Å². The number of benzene rings is 2. The van der Waals surface area contributed by atoms with Crippen molar-refractivity contribution in [2.75, 3.05) is 40.9 Å². The van der Waals surface area contributed by atoms with Gasteiger partial charge in [-0.05, 0) is 52.0 Å². The quantitative estimate of drug-likeness (QED) is 0.598. The molecular weight excluding hydrogens is 395 g/mol. The third-order valence-electron chi connectivity index (χ3n) is 5.29. The van der Waals surface area contributed by atoms with Crippen LogP contribution in [-0.4, -0.2) is 38.3 Å². The third kappa shape index (κ3) is 3.91. The summed E-state index contributed by atoms with van der Waals surface area (Å²) in [7, 11) is 0. The van der Waals surface area contributed by atoms with Crippen molar-refractivity contribution in [3.05, 3.63) is 36.4 Å². The van der Waals surface area contributed by atoms with Crippen LogP contribution in [0.15, 0.2) is 36.4 Å². The van der Waals surface area contributed by atoms with Gasteiger partial charge in [0.1, 0.15) is 0 Å². The Labute approximate surface area is 174 Å². The van der Waals surface area contributed by atoms with Crippen molar-refractivity contribution in [3.63, 3.8) is 0 Å². The van der Waals surface area contributed by atoms with Crippen molar-refractivity contribution in [2.45, 2.75) is 33.9 Å². The summed E-state index contributed by atoms with van der Waals surface area (Å²) in [5.41, 5.74) is 1.80. The first-order chi connectivity index (χ1) is 14.2. The average Bonchev–Trinajstić information content (AvgIpc) is 2.72. The van der Waals surface area contributed by atoms with E-state index in [2.05, 4.69) is 9.80 Å². The van der Waals surface area contributed by atoms with Gasteiger partial charge in [-0.25, -0.2) is 0 Å². The number of carbonyl (C=O) groups excluding carboxylic acids is 1. The van der Waals surface area contributed by atoms with Gasteiger partial charge in [-0.3, -0.25) is 9.69 Å². The Bertz CT molecular complexity index is 861. The molecule has 0 atom stereocenters. The molecular formula is C22H26F3N3O2. The number of ether oxygens (including phenoxy) is 1. The standard InChI is InChI=1S/C22H26F3N3O2/c1-5-26(6-2)15-9-11-17-19(13-15)30-20-14-16(27(7-3)8-4)10-12-18(20)28(17)21(29)22(23,24)25/h9-14H,5-8H2,1-4H3. The summed E-state index contributed by atoms with van der Waals surface area (Å²) in [5, 5.41) is 0. The second-order valence-corrected chi connectivity index (χ2v) is 6.89. The van der Waals surface area contributed by atoms with Crippen LogP contribution in [-0.2, 0) is 4.79 Å². The third-order valence-corrected chi connectivity index (χ3v) is 5.29. The topological polar surface area (TPSA) is 36.0 Å². The Kier molecular flexibility index (Phi) is 6.14. The molecule has 0 spiro atoms. The maximum atomic E-state index is 13.4. The van der Waals surface area contributed by atoms with Crippen molar-refractivity contribution in [2.24, 2.45) is 0 Å². The molecule has 1 aliphatic heterocycles. The fraction of sp³-hybridized carbons (Fsp3) is 0.409. The zero-order valence-corrected chi connectivity index (χ0v) is 17.6. The first-order valence-electron chi connectivity index (χ1n) is 10.1. The molecule has 162 valence electrons. The molecule has 1 heterocycles. The van der Waals surface area contributed by atoms with E-state index in [9.17, 15) is 18.0 Å². The van der Waals surface area contributed by atoms with Gasteiger partial charge in [0.25, 0.3) is 0 Å². The van der Waals surface area contributed by atoms with E-state index in [4.69, 9.17) is 4.74 Å². The van der Waals surface area contributed by atoms with Crippen LogP contribution in [0, 0.1) is 0 Å². The van der Waals surface area contributed by atoms with Crippen molar-refractivity contribution in [3.8, 4) is 11.5 Å². The minimum atomic E-state index is -5.01. The Morgan fingerprint density at radius 3 is 1.57 bits per heavy atom. The van der Waals surface area contributed by atoms with Crippen molar-refractivity contribution in [1.29, 1.82) is 0 Å². The van der Waals surface area contributed by atoms with Crippen LogP contribution in [0.5, 0.6) is 11.5 Å². The molecule has 0 unspecified atom stereocenters. The van der Waals surface area contributed by atoms with E-state index in [1.807, 2.05) is 27.7 Å². The summed E-state index contributed by atoms with van der Waals surface area (Å²) in [5.74, 6) is -1.50. The number of fused-ring (bicyclic) bond motifs is 2. The smallest absolute Gasteiger partial charge is 0.453 e. The molecule has 0 saturated carbocycles. The van der Waals surface area contributed by atoms with Gasteiger partial charge in [0.05, 0.1) is 11.4 Å². The largest absolute Gasteiger partial charge is 0.472 e. The number of hydrogen-bond donors (Lipinski definition) is 0. The molecule has 2 aromatic carbocycles. The van der Waals surface area contributed by atoms with Crippen LogP contribution in [0.25, 0.3) is 0 Å². The van der Waals surface area contributed by atoms with Gasteiger partial charge in [-0.1, -0.05) is 0 Å². The summed E-state index contributed by atoms with van der Waals surface area (Å²) in [6.45, 7) is 10.9. The lowest BCUT2D eigenvalue weighted by Gasteiger charge is -2.33. The van der Waals surface area contributed by atoms with E-state index < -0.39 is 12.1 Å². The number of halogens is 3. The highest BCUT2D eigenvalue weighted by Gasteiger charge is 2.46. The summed E-state index contributed by atoms with van der Waals surface area (Å²) in [6.07, 6.45) is -5.01. The molecule has 0 aliphatic carbocycles. The predicted octanol–water partition coefficient (Wildman–Crippen LogP) is 5.71. The van der Waals surface area contributed by atoms with Gasteiger partial charge in [-0.2, -0.15) is 13.2 Å². The maximum Gasteiger partial charge on any atom is 0.472 e. The molecule has 0 fully saturated rings. The lowest BCUT2D eigenvalue weighted by Crippen LogP contribution is -2.39. The molecule has 3 rings (SSSR count). The Balaban J connectivity index is 2.15. The molecule has 0 radical (unpaired) electrons. The fourth-order valence-electron chi connectivity index (χ4n) is 3.70. The van der Waals surface area contributed by atoms with E-state index in [1.54, 1.807) is 24.3 Å². The van der Waals surface area contributed by atoms with Crippen LogP contribution < -0.4 is 19.4 Å². The number of alkyl halides is 3. The number of anilines is 4. The zero-order chi connectivity index (χ0) is 22.1. The van der Waals surface area contributed by atoms with Crippen LogP contribution in [0.1, 0.15) is 27.7 Å². The van der Waals surface area contributed by atoms with Crippen LogP contribution in [0.2, 0.25) is 0 Å². The number of amides is 1. The number of hydrogen-bond acceptors (Lipinski definition) is 4. The van der Waals surface area contributed by atoms with Gasteiger partial charge in [0, 0.05) is 49.7 Å². The summed E-state index contributed by atoms with van der Waals surface area (Å²) < 4.78 is 46.2. The molecule has 0 bridgehead atoms. The lowest BCUT2D eigenvalue weighted by molar-refractivity contribution is -0.169. The fourth-order valence-corrected chi connectivity index (χ4v) is 3.70. The molecule has 1 amide bonds. The highest BCUT2D eigenvalue weighted by Crippen LogP contribution is 2.50. The van der Waals surface area contributed by atoms with Gasteiger partial charge in [0.15, 0.2) is 11.5 Å². The first-order valence-corrected chi connectivity index (χ1v) is 10.1. The van der Waals surface area contributed by atoms with Gasteiger partial charge in [0.2, 0.25) is 0 Å². The normalized spacial score (nSPS) is 12.7. The Morgan fingerprint density at radius 2 is 1.23 bits per heavy atom. The molecule has 2 aromatic rings. The molecule has 0 N–H and O–H groups in total. The second kappa shape index (κ2) is 8.45. The van der Waals surface area contributed by atoms with E-state index in [0.29, 0.717) is 4.90 Å². The molecule has 5 nitrogen and oxygen atoms in total. The van der Waals surface area contributed by atoms with Crippen molar-refractivity contribution >= 4 is 28.7 Å². The second-order valence-electron chi connectivity index (χ2n) is 6.89. The predicted molar refractivity (Wildman–Crippen MR) is 113 cm³/mol. The van der Waals surface area contributed by atoms with E-state index in [-0.39, 0.29) is 22.9 Å². The monoisotopic (exact) mass is 421 g/mol. The van der Waals surface area contributed by atoms with E-state index in [0.717, 1.165) is 37.6 Å². The van der Waals surface area contributed by atoms with Crippen LogP contribution in [0.3, 0.4) is 0 Å². The number of nitrogens with zero attached hydrogens (tertiary/aromatic N) is 3. The highest BCUT2D eigenvalue weighted by molar-refractivity contribution is 6.07. The molecule has 1 aliphatic rings. The number of carbonyl (C=O) groups is 1.